The van der Waals surface area contributed by atoms with E-state index in [0.29, 0.717) is 17.8 Å². The topological polar surface area (TPSA) is 83.1 Å². The number of rotatable bonds is 5. The number of H-pyrrole nitrogens is 1. The average Bonchev–Trinajstić information content (AvgIpc) is 3.17. The molecule has 1 aliphatic rings. The van der Waals surface area contributed by atoms with Crippen molar-refractivity contribution >= 4 is 16.9 Å². The molecule has 1 fully saturated rings. The maximum absolute atomic E-state index is 12.8. The Morgan fingerprint density at radius 1 is 1.23 bits per heavy atom. The molecule has 2 aromatic heterocycles. The molecule has 0 aliphatic carbocycles. The van der Waals surface area contributed by atoms with Crippen molar-refractivity contribution in [2.24, 2.45) is 0 Å². The number of aromatic nitrogens is 3. The van der Waals surface area contributed by atoms with Crippen LogP contribution >= 0.6 is 0 Å². The molecule has 0 unspecified atom stereocenters. The summed E-state index contributed by atoms with van der Waals surface area (Å²) in [5, 5.41) is 10.7. The molecule has 1 saturated heterocycles. The standard InChI is InChI=1S/C19H21N5O2/c25-19(20-6-7-24-8-10-26-11-9-24)15-12-17(14-4-2-1-3-5-14)22-18-16(15)13-21-23-18/h1-5,12-13H,6-11H2,(H,20,25)(H,21,22,23). The number of pyridine rings is 1. The van der Waals surface area contributed by atoms with Crippen molar-refractivity contribution in [2.75, 3.05) is 39.4 Å². The number of nitrogens with zero attached hydrogens (tertiary/aromatic N) is 3. The first kappa shape index (κ1) is 16.7. The number of aromatic amines is 1. The lowest BCUT2D eigenvalue weighted by atomic mass is 10.1. The molecule has 1 amide bonds. The summed E-state index contributed by atoms with van der Waals surface area (Å²) in [6.07, 6.45) is 1.65. The smallest absolute Gasteiger partial charge is 0.252 e. The summed E-state index contributed by atoms with van der Waals surface area (Å²) in [6.45, 7) is 4.76. The number of carbonyl (C=O) groups is 1. The highest BCUT2D eigenvalue weighted by atomic mass is 16.5. The van der Waals surface area contributed by atoms with Crippen molar-refractivity contribution in [3.05, 3.63) is 48.2 Å². The fraction of sp³-hybridized carbons (Fsp3) is 0.316. The van der Waals surface area contributed by atoms with Crippen molar-refractivity contribution in [1.82, 2.24) is 25.4 Å². The van der Waals surface area contributed by atoms with Crippen LogP contribution in [-0.2, 0) is 4.74 Å². The van der Waals surface area contributed by atoms with Crippen LogP contribution in [0.25, 0.3) is 22.3 Å². The molecule has 3 heterocycles. The highest BCUT2D eigenvalue weighted by molar-refractivity contribution is 6.06. The lowest BCUT2D eigenvalue weighted by Crippen LogP contribution is -2.41. The van der Waals surface area contributed by atoms with Gasteiger partial charge in [0, 0.05) is 31.7 Å². The van der Waals surface area contributed by atoms with Gasteiger partial charge in [0.2, 0.25) is 0 Å². The molecule has 0 radical (unpaired) electrons. The third kappa shape index (κ3) is 3.58. The minimum atomic E-state index is -0.107. The maximum Gasteiger partial charge on any atom is 0.252 e. The Morgan fingerprint density at radius 3 is 2.85 bits per heavy atom. The van der Waals surface area contributed by atoms with Gasteiger partial charge in [-0.3, -0.25) is 14.8 Å². The molecule has 7 heteroatoms. The number of nitrogens with one attached hydrogen (secondary N) is 2. The summed E-state index contributed by atoms with van der Waals surface area (Å²) in [5.74, 6) is -0.107. The van der Waals surface area contributed by atoms with Crippen molar-refractivity contribution in [2.45, 2.75) is 0 Å². The van der Waals surface area contributed by atoms with Gasteiger partial charge < -0.3 is 10.1 Å². The summed E-state index contributed by atoms with van der Waals surface area (Å²) in [5.41, 5.74) is 2.92. The second kappa shape index (κ2) is 7.63. The lowest BCUT2D eigenvalue weighted by molar-refractivity contribution is 0.0383. The summed E-state index contributed by atoms with van der Waals surface area (Å²) in [7, 11) is 0. The molecule has 0 atom stereocenters. The van der Waals surface area contributed by atoms with Crippen LogP contribution in [0.3, 0.4) is 0 Å². The predicted molar refractivity (Wildman–Crippen MR) is 98.9 cm³/mol. The maximum atomic E-state index is 12.8. The minimum Gasteiger partial charge on any atom is -0.379 e. The first-order chi connectivity index (χ1) is 12.8. The van der Waals surface area contributed by atoms with Gasteiger partial charge >= 0.3 is 0 Å². The van der Waals surface area contributed by atoms with Crippen LogP contribution < -0.4 is 5.32 Å². The van der Waals surface area contributed by atoms with Crippen LogP contribution in [-0.4, -0.2) is 65.4 Å². The molecule has 0 spiro atoms. The molecule has 26 heavy (non-hydrogen) atoms. The largest absolute Gasteiger partial charge is 0.379 e. The molecule has 0 bridgehead atoms. The Labute approximate surface area is 151 Å². The molecule has 1 aromatic carbocycles. The summed E-state index contributed by atoms with van der Waals surface area (Å²) in [4.78, 5) is 19.6. The van der Waals surface area contributed by atoms with Crippen LogP contribution in [0.2, 0.25) is 0 Å². The van der Waals surface area contributed by atoms with E-state index in [1.807, 2.05) is 36.4 Å². The molecule has 0 saturated carbocycles. The average molecular weight is 351 g/mol. The van der Waals surface area contributed by atoms with E-state index in [9.17, 15) is 4.79 Å². The minimum absolute atomic E-state index is 0.107. The van der Waals surface area contributed by atoms with E-state index in [1.165, 1.54) is 0 Å². The Hall–Kier alpha value is -2.77. The van der Waals surface area contributed by atoms with E-state index in [0.717, 1.165) is 49.5 Å². The zero-order chi connectivity index (χ0) is 17.8. The highest BCUT2D eigenvalue weighted by Crippen LogP contribution is 2.23. The number of fused-ring (bicyclic) bond motifs is 1. The molecule has 1 aliphatic heterocycles. The van der Waals surface area contributed by atoms with E-state index >= 15 is 0 Å². The monoisotopic (exact) mass is 351 g/mol. The third-order valence-corrected chi connectivity index (χ3v) is 4.55. The van der Waals surface area contributed by atoms with Gasteiger partial charge in [-0.25, -0.2) is 4.98 Å². The number of morpholine rings is 1. The van der Waals surface area contributed by atoms with E-state index in [-0.39, 0.29) is 5.91 Å². The Balaban J connectivity index is 1.52. The Kier molecular flexibility index (Phi) is 4.90. The molecule has 2 N–H and O–H groups in total. The van der Waals surface area contributed by atoms with Crippen LogP contribution in [0.5, 0.6) is 0 Å². The lowest BCUT2D eigenvalue weighted by Gasteiger charge is -2.26. The van der Waals surface area contributed by atoms with E-state index in [1.54, 1.807) is 6.20 Å². The molecular formula is C19H21N5O2. The molecule has 4 rings (SSSR count). The van der Waals surface area contributed by atoms with Gasteiger partial charge in [0.05, 0.1) is 36.1 Å². The van der Waals surface area contributed by atoms with Gasteiger partial charge in [-0.2, -0.15) is 5.10 Å². The molecule has 134 valence electrons. The second-order valence-corrected chi connectivity index (χ2v) is 6.26. The number of hydrogen-bond donors (Lipinski definition) is 2. The number of benzene rings is 1. The zero-order valence-electron chi connectivity index (χ0n) is 14.4. The molecule has 3 aromatic rings. The quantitative estimate of drug-likeness (QED) is 0.731. The summed E-state index contributed by atoms with van der Waals surface area (Å²) in [6, 6.07) is 11.6. The van der Waals surface area contributed by atoms with E-state index < -0.39 is 0 Å². The third-order valence-electron chi connectivity index (χ3n) is 4.55. The molecule has 7 nitrogen and oxygen atoms in total. The predicted octanol–water partition coefficient (Wildman–Crippen LogP) is 1.69. The van der Waals surface area contributed by atoms with Gasteiger partial charge in [0.1, 0.15) is 0 Å². The SMILES string of the molecule is O=C(NCCN1CCOCC1)c1cc(-c2ccccc2)nc2[nH]ncc12. The van der Waals surface area contributed by atoms with Crippen LogP contribution in [0, 0.1) is 0 Å². The van der Waals surface area contributed by atoms with Gasteiger partial charge in [0.15, 0.2) is 5.65 Å². The zero-order valence-corrected chi connectivity index (χ0v) is 14.4. The molecular weight excluding hydrogens is 330 g/mol. The van der Waals surface area contributed by atoms with Crippen LogP contribution in [0.4, 0.5) is 0 Å². The first-order valence-corrected chi connectivity index (χ1v) is 8.79. The van der Waals surface area contributed by atoms with Gasteiger partial charge in [0.25, 0.3) is 5.91 Å². The van der Waals surface area contributed by atoms with Crippen molar-refractivity contribution in [1.29, 1.82) is 0 Å². The Morgan fingerprint density at radius 2 is 2.04 bits per heavy atom. The number of carbonyl (C=O) groups excluding carboxylic acids is 1. The second-order valence-electron chi connectivity index (χ2n) is 6.26. The van der Waals surface area contributed by atoms with Gasteiger partial charge in [-0.15, -0.1) is 0 Å². The van der Waals surface area contributed by atoms with Crippen LogP contribution in [0.1, 0.15) is 10.4 Å². The normalized spacial score (nSPS) is 15.2. The first-order valence-electron chi connectivity index (χ1n) is 8.79. The number of amides is 1. The van der Waals surface area contributed by atoms with Crippen molar-refractivity contribution in [3.63, 3.8) is 0 Å². The Bertz CT molecular complexity index is 887. The van der Waals surface area contributed by atoms with Crippen molar-refractivity contribution < 1.29 is 9.53 Å². The van der Waals surface area contributed by atoms with Crippen molar-refractivity contribution in [3.8, 4) is 11.3 Å². The number of hydrogen-bond acceptors (Lipinski definition) is 5. The van der Waals surface area contributed by atoms with Gasteiger partial charge in [-0.05, 0) is 6.07 Å². The van der Waals surface area contributed by atoms with Crippen LogP contribution in [0.15, 0.2) is 42.6 Å². The van der Waals surface area contributed by atoms with E-state index in [4.69, 9.17) is 4.74 Å². The highest BCUT2D eigenvalue weighted by Gasteiger charge is 2.16. The number of ether oxygens (including phenoxy) is 1. The fourth-order valence-corrected chi connectivity index (χ4v) is 3.12. The summed E-state index contributed by atoms with van der Waals surface area (Å²) < 4.78 is 5.34. The van der Waals surface area contributed by atoms with Gasteiger partial charge in [-0.1, -0.05) is 30.3 Å². The van der Waals surface area contributed by atoms with E-state index in [2.05, 4.69) is 25.4 Å². The summed E-state index contributed by atoms with van der Waals surface area (Å²) >= 11 is 0. The fourth-order valence-electron chi connectivity index (χ4n) is 3.12.